The van der Waals surface area contributed by atoms with Gasteiger partial charge in [0, 0.05) is 6.42 Å². The second kappa shape index (κ2) is 6.69. The Morgan fingerprint density at radius 3 is 2.39 bits per heavy atom. The number of primary amides is 1. The molecule has 0 fully saturated rings. The first-order valence-corrected chi connectivity index (χ1v) is 7.51. The highest BCUT2D eigenvalue weighted by atomic mass is 16.6. The highest BCUT2D eigenvalue weighted by Gasteiger charge is 2.23. The zero-order valence-corrected chi connectivity index (χ0v) is 13.6. The Bertz CT molecular complexity index is 720. The Morgan fingerprint density at radius 1 is 1.13 bits per heavy atom. The number of alkyl carbamates (subject to hydrolysis) is 1. The topological polar surface area (TPSA) is 81.4 Å². The van der Waals surface area contributed by atoms with Crippen LogP contribution in [0.2, 0.25) is 0 Å². The number of benzene rings is 2. The third-order valence-electron chi connectivity index (χ3n) is 3.29. The van der Waals surface area contributed by atoms with Crippen LogP contribution >= 0.6 is 0 Å². The maximum Gasteiger partial charge on any atom is 0.408 e. The first-order valence-electron chi connectivity index (χ1n) is 7.51. The molecule has 0 aliphatic heterocycles. The van der Waals surface area contributed by atoms with Crippen molar-refractivity contribution in [3.63, 3.8) is 0 Å². The average molecular weight is 314 g/mol. The van der Waals surface area contributed by atoms with Crippen LogP contribution < -0.4 is 11.1 Å². The standard InChI is InChI=1S/C18H22N2O3/c1-18(2,3)23-17(22)20-15(16(19)21)11-12-8-9-13-6-4-5-7-14(13)10-12/h4-10,15H,11H2,1-3H3,(H2,19,21)(H,20,22)/t15-/m1/s1. The number of carbonyl (C=O) groups is 2. The van der Waals surface area contributed by atoms with Gasteiger partial charge in [0.15, 0.2) is 0 Å². The van der Waals surface area contributed by atoms with E-state index in [1.807, 2.05) is 42.5 Å². The molecule has 0 unspecified atom stereocenters. The molecule has 5 heteroatoms. The van der Waals surface area contributed by atoms with Crippen LogP contribution in [0.25, 0.3) is 10.8 Å². The molecule has 2 rings (SSSR count). The summed E-state index contributed by atoms with van der Waals surface area (Å²) in [4.78, 5) is 23.5. The largest absolute Gasteiger partial charge is 0.444 e. The Balaban J connectivity index is 2.11. The molecule has 1 atom stereocenters. The molecule has 0 aromatic heterocycles. The first-order chi connectivity index (χ1) is 10.7. The molecule has 0 spiro atoms. The van der Waals surface area contributed by atoms with Crippen molar-refractivity contribution in [2.45, 2.75) is 38.8 Å². The van der Waals surface area contributed by atoms with E-state index in [1.54, 1.807) is 20.8 Å². The normalized spacial score (nSPS) is 12.7. The van der Waals surface area contributed by atoms with Crippen LogP contribution in [-0.4, -0.2) is 23.6 Å². The third kappa shape index (κ3) is 4.98. The fraction of sp³-hybridized carbons (Fsp3) is 0.333. The van der Waals surface area contributed by atoms with Crippen LogP contribution in [0, 0.1) is 0 Å². The van der Waals surface area contributed by atoms with Gasteiger partial charge in [-0.05, 0) is 37.1 Å². The average Bonchev–Trinajstić information content (AvgIpc) is 2.44. The molecule has 0 aliphatic rings. The number of fused-ring (bicyclic) bond motifs is 1. The van der Waals surface area contributed by atoms with Gasteiger partial charge in [-0.1, -0.05) is 42.5 Å². The Kier molecular flexibility index (Phi) is 4.89. The van der Waals surface area contributed by atoms with Crippen molar-refractivity contribution >= 4 is 22.8 Å². The molecule has 5 nitrogen and oxygen atoms in total. The van der Waals surface area contributed by atoms with E-state index in [4.69, 9.17) is 10.5 Å². The Labute approximate surface area is 135 Å². The van der Waals surface area contributed by atoms with Gasteiger partial charge in [0.2, 0.25) is 5.91 Å². The number of hydrogen-bond donors (Lipinski definition) is 2. The summed E-state index contributed by atoms with van der Waals surface area (Å²) in [5.74, 6) is -0.594. The summed E-state index contributed by atoms with van der Waals surface area (Å²) in [5.41, 5.74) is 5.69. The van der Waals surface area contributed by atoms with Gasteiger partial charge in [-0.3, -0.25) is 4.79 Å². The molecule has 0 aliphatic carbocycles. The zero-order chi connectivity index (χ0) is 17.0. The maximum atomic E-state index is 11.8. The molecule has 0 radical (unpaired) electrons. The van der Waals surface area contributed by atoms with Crippen LogP contribution in [0.1, 0.15) is 26.3 Å². The fourth-order valence-electron chi connectivity index (χ4n) is 2.27. The summed E-state index contributed by atoms with van der Waals surface area (Å²) < 4.78 is 5.17. The van der Waals surface area contributed by atoms with E-state index in [-0.39, 0.29) is 0 Å². The van der Waals surface area contributed by atoms with Gasteiger partial charge in [0.1, 0.15) is 11.6 Å². The summed E-state index contributed by atoms with van der Waals surface area (Å²) in [6.45, 7) is 5.28. The van der Waals surface area contributed by atoms with E-state index < -0.39 is 23.6 Å². The lowest BCUT2D eigenvalue weighted by atomic mass is 10.0. The van der Waals surface area contributed by atoms with Crippen molar-refractivity contribution < 1.29 is 14.3 Å². The number of hydrogen-bond acceptors (Lipinski definition) is 3. The predicted octanol–water partition coefficient (Wildman–Crippen LogP) is 2.76. The maximum absolute atomic E-state index is 11.8. The number of nitrogens with one attached hydrogen (secondary N) is 1. The van der Waals surface area contributed by atoms with Crippen molar-refractivity contribution in [3.05, 3.63) is 48.0 Å². The van der Waals surface area contributed by atoms with Crippen molar-refractivity contribution in [1.29, 1.82) is 0 Å². The molecule has 0 saturated carbocycles. The second-order valence-corrected chi connectivity index (χ2v) is 6.49. The van der Waals surface area contributed by atoms with Crippen LogP contribution in [0.15, 0.2) is 42.5 Å². The number of nitrogens with two attached hydrogens (primary N) is 1. The SMILES string of the molecule is CC(C)(C)OC(=O)N[C@H](Cc1ccc2ccccc2c1)C(N)=O. The van der Waals surface area contributed by atoms with E-state index >= 15 is 0 Å². The molecular weight excluding hydrogens is 292 g/mol. The minimum Gasteiger partial charge on any atom is -0.444 e. The monoisotopic (exact) mass is 314 g/mol. The quantitative estimate of drug-likeness (QED) is 0.910. The van der Waals surface area contributed by atoms with E-state index in [1.165, 1.54) is 0 Å². The minimum atomic E-state index is -0.814. The van der Waals surface area contributed by atoms with Gasteiger partial charge < -0.3 is 15.8 Å². The molecule has 122 valence electrons. The van der Waals surface area contributed by atoms with Gasteiger partial charge >= 0.3 is 6.09 Å². The lowest BCUT2D eigenvalue weighted by Gasteiger charge is -2.22. The molecule has 3 N–H and O–H groups in total. The first kappa shape index (κ1) is 16.8. The lowest BCUT2D eigenvalue weighted by molar-refractivity contribution is -0.120. The molecule has 0 heterocycles. The molecule has 0 saturated heterocycles. The minimum absolute atomic E-state index is 0.319. The lowest BCUT2D eigenvalue weighted by Crippen LogP contribution is -2.47. The number of rotatable bonds is 4. The summed E-state index contributed by atoms with van der Waals surface area (Å²) in [5, 5.41) is 4.73. The number of amides is 2. The molecule has 2 amide bonds. The number of carbonyl (C=O) groups excluding carboxylic acids is 2. The summed E-state index contributed by atoms with van der Waals surface area (Å²) in [6, 6.07) is 13.0. The number of ether oxygens (including phenoxy) is 1. The smallest absolute Gasteiger partial charge is 0.408 e. The molecule has 2 aromatic carbocycles. The van der Waals surface area contributed by atoms with E-state index in [0.29, 0.717) is 6.42 Å². The highest BCUT2D eigenvalue weighted by molar-refractivity contribution is 5.86. The van der Waals surface area contributed by atoms with Crippen LogP contribution in [0.5, 0.6) is 0 Å². The predicted molar refractivity (Wildman–Crippen MR) is 90.0 cm³/mol. The Hall–Kier alpha value is -2.56. The highest BCUT2D eigenvalue weighted by Crippen LogP contribution is 2.17. The van der Waals surface area contributed by atoms with Crippen molar-refractivity contribution in [3.8, 4) is 0 Å². The van der Waals surface area contributed by atoms with Crippen LogP contribution in [0.4, 0.5) is 4.79 Å². The second-order valence-electron chi connectivity index (χ2n) is 6.49. The van der Waals surface area contributed by atoms with Crippen molar-refractivity contribution in [2.75, 3.05) is 0 Å². The van der Waals surface area contributed by atoms with E-state index in [0.717, 1.165) is 16.3 Å². The summed E-state index contributed by atoms with van der Waals surface area (Å²) >= 11 is 0. The molecule has 23 heavy (non-hydrogen) atoms. The van der Waals surface area contributed by atoms with Crippen LogP contribution in [-0.2, 0) is 16.0 Å². The van der Waals surface area contributed by atoms with E-state index in [9.17, 15) is 9.59 Å². The van der Waals surface area contributed by atoms with E-state index in [2.05, 4.69) is 5.32 Å². The molecule has 2 aromatic rings. The molecule has 0 bridgehead atoms. The van der Waals surface area contributed by atoms with Crippen molar-refractivity contribution in [2.24, 2.45) is 5.73 Å². The Morgan fingerprint density at radius 2 is 1.78 bits per heavy atom. The fourth-order valence-corrected chi connectivity index (χ4v) is 2.27. The molecular formula is C18H22N2O3. The summed E-state index contributed by atoms with van der Waals surface area (Å²) in [7, 11) is 0. The van der Waals surface area contributed by atoms with Gasteiger partial charge in [0.05, 0.1) is 0 Å². The summed E-state index contributed by atoms with van der Waals surface area (Å²) in [6.07, 6.45) is -0.332. The van der Waals surface area contributed by atoms with Gasteiger partial charge in [-0.25, -0.2) is 4.79 Å². The van der Waals surface area contributed by atoms with Gasteiger partial charge in [-0.2, -0.15) is 0 Å². The zero-order valence-electron chi connectivity index (χ0n) is 13.6. The van der Waals surface area contributed by atoms with Gasteiger partial charge in [-0.15, -0.1) is 0 Å². The third-order valence-corrected chi connectivity index (χ3v) is 3.29. The van der Waals surface area contributed by atoms with Gasteiger partial charge in [0.25, 0.3) is 0 Å². The van der Waals surface area contributed by atoms with Crippen molar-refractivity contribution in [1.82, 2.24) is 5.32 Å². The van der Waals surface area contributed by atoms with Crippen LogP contribution in [0.3, 0.4) is 0 Å².